The standard InChI is InChI=1S/C18H15NO9/c20-15(21)8-27-11-5-10(6-12(7-11)28-9-16(22)23)17(24)19-14-4-2-1-3-13(14)18(25)26/h1-7H,8-9H2,(H,19,24)(H,20,21)(H,22,23)(H,25,26). The fourth-order valence-electron chi connectivity index (χ4n) is 2.13. The van der Waals surface area contributed by atoms with Crippen LogP contribution in [0.1, 0.15) is 20.7 Å². The predicted molar refractivity (Wildman–Crippen MR) is 94.1 cm³/mol. The van der Waals surface area contributed by atoms with Gasteiger partial charge in [0, 0.05) is 11.6 Å². The maximum Gasteiger partial charge on any atom is 0.341 e. The van der Waals surface area contributed by atoms with Gasteiger partial charge in [-0.15, -0.1) is 0 Å². The molecule has 0 aliphatic carbocycles. The molecule has 2 aromatic carbocycles. The summed E-state index contributed by atoms with van der Waals surface area (Å²) in [6.45, 7) is -1.38. The van der Waals surface area contributed by atoms with Crippen molar-refractivity contribution < 1.29 is 44.0 Å². The third-order valence-electron chi connectivity index (χ3n) is 3.27. The summed E-state index contributed by atoms with van der Waals surface area (Å²) in [5, 5.41) is 29.0. The second kappa shape index (κ2) is 9.03. The van der Waals surface area contributed by atoms with Gasteiger partial charge in [0.15, 0.2) is 13.2 Å². The van der Waals surface area contributed by atoms with Crippen molar-refractivity contribution in [2.75, 3.05) is 18.5 Å². The Balaban J connectivity index is 2.31. The maximum absolute atomic E-state index is 12.5. The molecular formula is C18H15NO9. The largest absolute Gasteiger partial charge is 0.482 e. The van der Waals surface area contributed by atoms with Crippen molar-refractivity contribution >= 4 is 29.5 Å². The summed E-state index contributed by atoms with van der Waals surface area (Å²) in [5.41, 5.74) is -0.134. The van der Waals surface area contributed by atoms with Crippen molar-refractivity contribution in [3.05, 3.63) is 53.6 Å². The molecule has 0 aliphatic rings. The predicted octanol–water partition coefficient (Wildman–Crippen LogP) is 1.56. The van der Waals surface area contributed by atoms with Gasteiger partial charge >= 0.3 is 17.9 Å². The molecule has 2 aromatic rings. The van der Waals surface area contributed by atoms with Crippen LogP contribution < -0.4 is 14.8 Å². The molecule has 0 bridgehead atoms. The van der Waals surface area contributed by atoms with E-state index in [0.29, 0.717) is 0 Å². The first-order chi connectivity index (χ1) is 13.3. The number of nitrogens with one attached hydrogen (secondary N) is 1. The first kappa shape index (κ1) is 20.2. The van der Waals surface area contributed by atoms with Crippen LogP contribution in [0.5, 0.6) is 11.5 Å². The third-order valence-corrected chi connectivity index (χ3v) is 3.27. The molecule has 28 heavy (non-hydrogen) atoms. The lowest BCUT2D eigenvalue weighted by Crippen LogP contribution is -2.16. The van der Waals surface area contributed by atoms with Crippen LogP contribution in [-0.4, -0.2) is 52.3 Å². The Bertz CT molecular complexity index is 887. The second-order valence-electron chi connectivity index (χ2n) is 5.36. The summed E-state index contributed by atoms with van der Waals surface area (Å²) in [4.78, 5) is 45.1. The highest BCUT2D eigenvalue weighted by Crippen LogP contribution is 2.25. The smallest absolute Gasteiger partial charge is 0.341 e. The minimum absolute atomic E-state index is 0.0399. The highest BCUT2D eigenvalue weighted by atomic mass is 16.5. The second-order valence-corrected chi connectivity index (χ2v) is 5.36. The van der Waals surface area contributed by atoms with Crippen LogP contribution in [0.2, 0.25) is 0 Å². The van der Waals surface area contributed by atoms with Crippen LogP contribution >= 0.6 is 0 Å². The number of para-hydroxylation sites is 1. The van der Waals surface area contributed by atoms with Crippen molar-refractivity contribution in [2.24, 2.45) is 0 Å². The van der Waals surface area contributed by atoms with E-state index in [1.807, 2.05) is 0 Å². The molecule has 0 unspecified atom stereocenters. The number of aromatic carboxylic acids is 1. The lowest BCUT2D eigenvalue weighted by Gasteiger charge is -2.12. The number of ether oxygens (including phenoxy) is 2. The number of aliphatic carboxylic acids is 2. The average molecular weight is 389 g/mol. The van der Waals surface area contributed by atoms with E-state index >= 15 is 0 Å². The molecule has 0 atom stereocenters. The molecular weight excluding hydrogens is 374 g/mol. The Morgan fingerprint density at radius 1 is 0.821 bits per heavy atom. The summed E-state index contributed by atoms with van der Waals surface area (Å²) < 4.78 is 10.0. The number of amides is 1. The number of carbonyl (C=O) groups is 4. The molecule has 0 fully saturated rings. The third kappa shape index (κ3) is 5.73. The molecule has 0 spiro atoms. The summed E-state index contributed by atoms with van der Waals surface area (Å²) in [7, 11) is 0. The van der Waals surface area contributed by atoms with Crippen LogP contribution in [0.3, 0.4) is 0 Å². The van der Waals surface area contributed by atoms with Crippen molar-refractivity contribution in [1.29, 1.82) is 0 Å². The summed E-state index contributed by atoms with van der Waals surface area (Å²) in [6, 6.07) is 9.41. The molecule has 0 heterocycles. The Morgan fingerprint density at radius 3 is 1.86 bits per heavy atom. The van der Waals surface area contributed by atoms with Gasteiger partial charge in [-0.1, -0.05) is 12.1 Å². The van der Waals surface area contributed by atoms with E-state index in [9.17, 15) is 24.3 Å². The molecule has 4 N–H and O–H groups in total. The summed E-state index contributed by atoms with van der Waals surface area (Å²) >= 11 is 0. The number of anilines is 1. The van der Waals surface area contributed by atoms with E-state index < -0.39 is 37.0 Å². The molecule has 0 aromatic heterocycles. The van der Waals surface area contributed by atoms with Gasteiger partial charge in [-0.05, 0) is 24.3 Å². The number of hydrogen-bond donors (Lipinski definition) is 4. The van der Waals surface area contributed by atoms with Gasteiger partial charge in [-0.3, -0.25) is 4.79 Å². The SMILES string of the molecule is O=C(O)COc1cc(OCC(=O)O)cc(C(=O)Nc2ccccc2C(=O)O)c1. The molecule has 0 saturated heterocycles. The van der Waals surface area contributed by atoms with E-state index in [4.69, 9.17) is 19.7 Å². The van der Waals surface area contributed by atoms with E-state index in [0.717, 1.165) is 0 Å². The van der Waals surface area contributed by atoms with Gasteiger partial charge < -0.3 is 30.1 Å². The highest BCUT2D eigenvalue weighted by molar-refractivity contribution is 6.08. The topological polar surface area (TPSA) is 159 Å². The molecule has 0 radical (unpaired) electrons. The Hall–Kier alpha value is -4.08. The van der Waals surface area contributed by atoms with Gasteiger partial charge in [-0.2, -0.15) is 0 Å². The zero-order valence-corrected chi connectivity index (χ0v) is 14.2. The number of hydrogen-bond acceptors (Lipinski definition) is 6. The molecule has 0 saturated carbocycles. The fourth-order valence-corrected chi connectivity index (χ4v) is 2.13. The van der Waals surface area contributed by atoms with Crippen molar-refractivity contribution in [3.8, 4) is 11.5 Å². The normalized spacial score (nSPS) is 10.0. The monoisotopic (exact) mass is 389 g/mol. The van der Waals surface area contributed by atoms with E-state index in [-0.39, 0.29) is 28.3 Å². The Morgan fingerprint density at radius 2 is 1.36 bits per heavy atom. The van der Waals surface area contributed by atoms with Crippen LogP contribution in [0.15, 0.2) is 42.5 Å². The first-order valence-electron chi connectivity index (χ1n) is 7.74. The molecule has 146 valence electrons. The van der Waals surface area contributed by atoms with Crippen LogP contribution in [0, 0.1) is 0 Å². The minimum atomic E-state index is -1.25. The van der Waals surface area contributed by atoms with Gasteiger partial charge in [0.05, 0.1) is 11.3 Å². The zero-order valence-electron chi connectivity index (χ0n) is 14.2. The molecule has 0 aliphatic heterocycles. The number of benzene rings is 2. The molecule has 10 nitrogen and oxygen atoms in total. The Kier molecular flexibility index (Phi) is 6.53. The van der Waals surface area contributed by atoms with Crippen molar-refractivity contribution in [2.45, 2.75) is 0 Å². The average Bonchev–Trinajstić information content (AvgIpc) is 2.64. The molecule has 10 heteroatoms. The van der Waals surface area contributed by atoms with Crippen molar-refractivity contribution in [1.82, 2.24) is 0 Å². The van der Waals surface area contributed by atoms with Gasteiger partial charge in [0.2, 0.25) is 0 Å². The van der Waals surface area contributed by atoms with Crippen LogP contribution in [-0.2, 0) is 9.59 Å². The number of carboxylic acid groups (broad SMARTS) is 3. The summed E-state index contributed by atoms with van der Waals surface area (Å²) in [5.74, 6) is -4.55. The van der Waals surface area contributed by atoms with Gasteiger partial charge in [-0.25, -0.2) is 14.4 Å². The van der Waals surface area contributed by atoms with Crippen molar-refractivity contribution in [3.63, 3.8) is 0 Å². The van der Waals surface area contributed by atoms with Crippen LogP contribution in [0.4, 0.5) is 5.69 Å². The lowest BCUT2D eigenvalue weighted by atomic mass is 10.1. The lowest BCUT2D eigenvalue weighted by molar-refractivity contribution is -0.140. The Labute approximate surface area is 157 Å². The van der Waals surface area contributed by atoms with Gasteiger partial charge in [0.25, 0.3) is 5.91 Å². The highest BCUT2D eigenvalue weighted by Gasteiger charge is 2.16. The van der Waals surface area contributed by atoms with Crippen LogP contribution in [0.25, 0.3) is 0 Å². The van der Waals surface area contributed by atoms with Gasteiger partial charge in [0.1, 0.15) is 11.5 Å². The van der Waals surface area contributed by atoms with E-state index in [1.165, 1.54) is 42.5 Å². The maximum atomic E-state index is 12.5. The number of rotatable bonds is 9. The first-order valence-corrected chi connectivity index (χ1v) is 7.74. The molecule has 2 rings (SSSR count). The number of carboxylic acids is 3. The molecule has 1 amide bonds. The van der Waals surface area contributed by atoms with E-state index in [1.54, 1.807) is 0 Å². The minimum Gasteiger partial charge on any atom is -0.482 e. The zero-order chi connectivity index (χ0) is 20.7. The van der Waals surface area contributed by atoms with E-state index in [2.05, 4.69) is 5.32 Å². The number of carbonyl (C=O) groups excluding carboxylic acids is 1. The quantitative estimate of drug-likeness (QED) is 0.499. The summed E-state index contributed by atoms with van der Waals surface area (Å²) in [6.07, 6.45) is 0. The fraction of sp³-hybridized carbons (Fsp3) is 0.111.